The van der Waals surface area contributed by atoms with Gasteiger partial charge in [-0.15, -0.1) is 0 Å². The van der Waals surface area contributed by atoms with Gasteiger partial charge in [-0.2, -0.15) is 0 Å². The average Bonchev–Trinajstić information content (AvgIpc) is 3.18. The number of rotatable bonds is 4. The molecule has 1 saturated carbocycles. The second kappa shape index (κ2) is 6.86. The molecule has 3 aromatic rings. The van der Waals surface area contributed by atoms with Gasteiger partial charge in [0.15, 0.2) is 9.84 Å². The molecular weight excluding hydrogens is 380 g/mol. The summed E-state index contributed by atoms with van der Waals surface area (Å²) in [5, 5.41) is 14.5. The number of aliphatic hydroxyl groups is 1. The third-order valence-corrected chi connectivity index (χ3v) is 7.39. The molecule has 148 valence electrons. The summed E-state index contributed by atoms with van der Waals surface area (Å²) in [6.45, 7) is 3.54. The number of H-pyrrole nitrogens is 1. The van der Waals surface area contributed by atoms with Crippen molar-refractivity contribution in [2.45, 2.75) is 44.1 Å². The summed E-state index contributed by atoms with van der Waals surface area (Å²) in [6, 6.07) is 6.21. The Kier molecular flexibility index (Phi) is 4.63. The number of hydrogen-bond acceptors (Lipinski definition) is 6. The van der Waals surface area contributed by atoms with Crippen molar-refractivity contribution in [2.24, 2.45) is 5.92 Å². The Balaban J connectivity index is 1.92. The molecule has 0 spiro atoms. The summed E-state index contributed by atoms with van der Waals surface area (Å²) in [7, 11) is -3.69. The fourth-order valence-electron chi connectivity index (χ4n) is 4.12. The van der Waals surface area contributed by atoms with E-state index in [1.807, 2.05) is 0 Å². The lowest BCUT2D eigenvalue weighted by Crippen LogP contribution is -2.23. The van der Waals surface area contributed by atoms with E-state index >= 15 is 0 Å². The third kappa shape index (κ3) is 3.27. The van der Waals surface area contributed by atoms with Crippen LogP contribution in [-0.4, -0.2) is 35.5 Å². The van der Waals surface area contributed by atoms with E-state index in [2.05, 4.69) is 10.1 Å². The second-order valence-electron chi connectivity index (χ2n) is 7.50. The van der Waals surface area contributed by atoms with Crippen molar-refractivity contribution in [2.75, 3.05) is 5.75 Å². The highest BCUT2D eigenvalue weighted by Crippen LogP contribution is 2.35. The highest BCUT2D eigenvalue weighted by molar-refractivity contribution is 7.91. The van der Waals surface area contributed by atoms with E-state index in [1.54, 1.807) is 26.0 Å². The number of pyridine rings is 1. The van der Waals surface area contributed by atoms with Crippen LogP contribution in [0.25, 0.3) is 22.0 Å². The molecule has 2 atom stereocenters. The molecule has 0 radical (unpaired) electrons. The van der Waals surface area contributed by atoms with Crippen LogP contribution in [0.4, 0.5) is 0 Å². The molecule has 0 aliphatic heterocycles. The van der Waals surface area contributed by atoms with Crippen LogP contribution >= 0.6 is 0 Å². The number of benzene rings is 1. The number of aryl methyl sites for hydroxylation is 2. The van der Waals surface area contributed by atoms with E-state index < -0.39 is 15.9 Å². The van der Waals surface area contributed by atoms with Crippen LogP contribution in [0.2, 0.25) is 0 Å². The van der Waals surface area contributed by atoms with Gasteiger partial charge in [0.1, 0.15) is 5.76 Å². The first kappa shape index (κ1) is 18.9. The minimum absolute atomic E-state index is 0.118. The standard InChI is InChI=1S/C20H22N2O5S/c1-11-20(12(2)27-22-11)14-8-16-15(6-7-19(24)21-16)18(9-14)28(25,26)10-13-4-3-5-17(13)23/h6-9,13,17,23H,3-5,10H2,1-2H3,(H,21,24)/t13-,17+/m0/s1. The lowest BCUT2D eigenvalue weighted by molar-refractivity contribution is 0.142. The van der Waals surface area contributed by atoms with Crippen molar-refractivity contribution in [3.05, 3.63) is 46.1 Å². The van der Waals surface area contributed by atoms with Gasteiger partial charge in [-0.1, -0.05) is 11.6 Å². The van der Waals surface area contributed by atoms with Crippen molar-refractivity contribution in [1.82, 2.24) is 10.1 Å². The molecule has 1 aliphatic carbocycles. The highest BCUT2D eigenvalue weighted by atomic mass is 32.2. The fraction of sp³-hybridized carbons (Fsp3) is 0.400. The molecule has 2 N–H and O–H groups in total. The van der Waals surface area contributed by atoms with Crippen molar-refractivity contribution in [1.29, 1.82) is 0 Å². The minimum Gasteiger partial charge on any atom is -0.393 e. The zero-order chi connectivity index (χ0) is 20.1. The normalized spacial score (nSPS) is 20.1. The number of nitrogens with zero attached hydrogens (tertiary/aromatic N) is 1. The maximum atomic E-state index is 13.3. The van der Waals surface area contributed by atoms with E-state index in [0.717, 1.165) is 6.42 Å². The molecule has 1 aromatic carbocycles. The Hall–Kier alpha value is -2.45. The van der Waals surface area contributed by atoms with Gasteiger partial charge in [0.25, 0.3) is 0 Å². The summed E-state index contributed by atoms with van der Waals surface area (Å²) >= 11 is 0. The summed E-state index contributed by atoms with van der Waals surface area (Å²) in [5.41, 5.74) is 2.11. The number of nitrogens with one attached hydrogen (secondary N) is 1. The zero-order valence-electron chi connectivity index (χ0n) is 15.7. The number of hydrogen-bond donors (Lipinski definition) is 2. The maximum Gasteiger partial charge on any atom is 0.248 e. The first-order valence-electron chi connectivity index (χ1n) is 9.27. The molecule has 0 bridgehead atoms. The molecule has 8 heteroatoms. The van der Waals surface area contributed by atoms with Gasteiger partial charge in [-0.3, -0.25) is 4.79 Å². The maximum absolute atomic E-state index is 13.3. The summed E-state index contributed by atoms with van der Waals surface area (Å²) < 4.78 is 31.8. The van der Waals surface area contributed by atoms with Crippen molar-refractivity contribution < 1.29 is 18.0 Å². The van der Waals surface area contributed by atoms with Gasteiger partial charge in [-0.25, -0.2) is 8.42 Å². The largest absolute Gasteiger partial charge is 0.393 e. The van der Waals surface area contributed by atoms with Crippen LogP contribution in [0.15, 0.2) is 38.5 Å². The lowest BCUT2D eigenvalue weighted by atomic mass is 10.0. The van der Waals surface area contributed by atoms with Gasteiger partial charge < -0.3 is 14.6 Å². The molecular formula is C20H22N2O5S. The van der Waals surface area contributed by atoms with Gasteiger partial charge in [0, 0.05) is 17.0 Å². The molecule has 28 heavy (non-hydrogen) atoms. The molecule has 0 saturated heterocycles. The number of aromatic amines is 1. The Morgan fingerprint density at radius 2 is 2.04 bits per heavy atom. The Labute approximate surface area is 162 Å². The number of aromatic nitrogens is 2. The van der Waals surface area contributed by atoms with Crippen molar-refractivity contribution in [3.8, 4) is 11.1 Å². The van der Waals surface area contributed by atoms with Gasteiger partial charge in [0.2, 0.25) is 5.56 Å². The van der Waals surface area contributed by atoms with E-state index in [0.29, 0.717) is 46.3 Å². The Morgan fingerprint density at radius 1 is 1.25 bits per heavy atom. The first-order valence-corrected chi connectivity index (χ1v) is 10.9. The number of sulfone groups is 1. The quantitative estimate of drug-likeness (QED) is 0.694. The zero-order valence-corrected chi connectivity index (χ0v) is 16.5. The Bertz CT molecular complexity index is 1190. The molecule has 0 unspecified atom stereocenters. The Morgan fingerprint density at radius 3 is 2.68 bits per heavy atom. The van der Waals surface area contributed by atoms with Crippen LogP contribution in [0, 0.1) is 19.8 Å². The summed E-state index contributed by atoms with van der Waals surface area (Å²) in [6.07, 6.45) is 1.56. The van der Waals surface area contributed by atoms with Gasteiger partial charge in [-0.05, 0) is 56.4 Å². The predicted octanol–water partition coefficient (Wildman–Crippen LogP) is 2.73. The monoisotopic (exact) mass is 402 g/mol. The lowest BCUT2D eigenvalue weighted by Gasteiger charge is -2.16. The van der Waals surface area contributed by atoms with Crippen LogP contribution in [0.1, 0.15) is 30.7 Å². The van der Waals surface area contributed by atoms with E-state index in [4.69, 9.17) is 4.52 Å². The predicted molar refractivity (Wildman–Crippen MR) is 105 cm³/mol. The van der Waals surface area contributed by atoms with Gasteiger partial charge >= 0.3 is 0 Å². The van der Waals surface area contributed by atoms with Crippen LogP contribution in [0.5, 0.6) is 0 Å². The SMILES string of the molecule is Cc1noc(C)c1-c1cc(S(=O)(=O)C[C@@H]2CCC[C@H]2O)c2ccc(=O)[nH]c2c1. The highest BCUT2D eigenvalue weighted by Gasteiger charge is 2.32. The molecule has 0 amide bonds. The molecule has 2 aromatic heterocycles. The summed E-state index contributed by atoms with van der Waals surface area (Å²) in [4.78, 5) is 14.7. The number of fused-ring (bicyclic) bond motifs is 1. The summed E-state index contributed by atoms with van der Waals surface area (Å²) in [5.74, 6) is 0.184. The van der Waals surface area contributed by atoms with Crippen LogP contribution in [-0.2, 0) is 9.84 Å². The smallest absolute Gasteiger partial charge is 0.248 e. The van der Waals surface area contributed by atoms with E-state index in [9.17, 15) is 18.3 Å². The topological polar surface area (TPSA) is 113 Å². The molecule has 1 fully saturated rings. The third-order valence-electron chi connectivity index (χ3n) is 5.51. The fourth-order valence-corrected chi connectivity index (χ4v) is 6.07. The minimum atomic E-state index is -3.69. The van der Waals surface area contributed by atoms with E-state index in [-0.39, 0.29) is 22.1 Å². The van der Waals surface area contributed by atoms with E-state index in [1.165, 1.54) is 12.1 Å². The number of aliphatic hydroxyl groups excluding tert-OH is 1. The van der Waals surface area contributed by atoms with Crippen molar-refractivity contribution >= 4 is 20.7 Å². The van der Waals surface area contributed by atoms with Crippen molar-refractivity contribution in [3.63, 3.8) is 0 Å². The van der Waals surface area contributed by atoms with Gasteiger partial charge in [0.05, 0.1) is 28.0 Å². The molecule has 7 nitrogen and oxygen atoms in total. The molecule has 2 heterocycles. The second-order valence-corrected chi connectivity index (χ2v) is 9.50. The van der Waals surface area contributed by atoms with Crippen LogP contribution in [0.3, 0.4) is 0 Å². The average molecular weight is 402 g/mol. The molecule has 1 aliphatic rings. The van der Waals surface area contributed by atoms with Crippen LogP contribution < -0.4 is 5.56 Å². The first-order chi connectivity index (χ1) is 13.3. The molecule has 4 rings (SSSR count).